The van der Waals surface area contributed by atoms with E-state index in [1.165, 1.54) is 6.20 Å². The van der Waals surface area contributed by atoms with Crippen LogP contribution in [0.5, 0.6) is 11.5 Å². The second kappa shape index (κ2) is 5.46. The normalized spacial score (nSPS) is 36.4. The Morgan fingerprint density at radius 1 is 1.34 bits per heavy atom. The summed E-state index contributed by atoms with van der Waals surface area (Å²) in [5.41, 5.74) is 0.122. The number of Topliss-reactive ketones (excluding diaryl/α,β-unsaturated/α-hetero) is 1. The summed E-state index contributed by atoms with van der Waals surface area (Å²) in [6.45, 7) is 0.848. The van der Waals surface area contributed by atoms with Gasteiger partial charge in [0.05, 0.1) is 0 Å². The zero-order chi connectivity index (χ0) is 20.0. The van der Waals surface area contributed by atoms with Gasteiger partial charge in [0.2, 0.25) is 5.78 Å². The number of phenolic OH excluding ortho intramolecular Hbond substituents is 1. The smallest absolute Gasteiger partial charge is 0.203 e. The maximum Gasteiger partial charge on any atom is 0.203 e. The number of carbonyl (C=O) groups excluding carboxylic acids is 1. The first-order chi connectivity index (χ1) is 14.0. The Hall–Kier alpha value is -2.70. The Morgan fingerprint density at radius 3 is 3.00 bits per heavy atom. The lowest BCUT2D eigenvalue weighted by molar-refractivity contribution is -0.0802. The number of likely N-dealkylation sites (N-methyl/N-ethyl adjacent to an activating group) is 1. The van der Waals surface area contributed by atoms with E-state index in [0.29, 0.717) is 11.3 Å². The molecule has 0 saturated carbocycles. The van der Waals surface area contributed by atoms with E-state index in [1.54, 1.807) is 30.5 Å². The molecule has 1 saturated heterocycles. The lowest BCUT2D eigenvalue weighted by Gasteiger charge is -2.58. The van der Waals surface area contributed by atoms with Gasteiger partial charge in [-0.3, -0.25) is 9.78 Å². The molecule has 2 N–H and O–H groups in total. The van der Waals surface area contributed by atoms with Gasteiger partial charge >= 0.3 is 0 Å². The van der Waals surface area contributed by atoms with Crippen molar-refractivity contribution in [2.24, 2.45) is 5.92 Å². The molecule has 0 radical (unpaired) electrons. The highest BCUT2D eigenvalue weighted by atomic mass is 16.5. The molecular formula is C23H22N2O4. The molecule has 1 spiro atoms. The van der Waals surface area contributed by atoms with Gasteiger partial charge in [-0.2, -0.15) is 0 Å². The third-order valence-electron chi connectivity index (χ3n) is 7.52. The van der Waals surface area contributed by atoms with Crippen LogP contribution < -0.4 is 4.74 Å². The number of ketones is 1. The molecule has 1 aromatic heterocycles. The van der Waals surface area contributed by atoms with E-state index in [1.807, 2.05) is 12.1 Å². The highest BCUT2D eigenvalue weighted by Crippen LogP contribution is 2.64. The van der Waals surface area contributed by atoms with Crippen molar-refractivity contribution in [3.05, 3.63) is 65.5 Å². The molecule has 4 aliphatic rings. The molecule has 2 aliphatic carbocycles. The van der Waals surface area contributed by atoms with Crippen LogP contribution in [0.4, 0.5) is 0 Å². The van der Waals surface area contributed by atoms with Crippen molar-refractivity contribution >= 4 is 5.78 Å². The zero-order valence-electron chi connectivity index (χ0n) is 16.1. The molecule has 5 atom stereocenters. The maximum absolute atomic E-state index is 13.4. The minimum absolute atomic E-state index is 0.0693. The molecule has 148 valence electrons. The van der Waals surface area contributed by atoms with Crippen LogP contribution >= 0.6 is 0 Å². The lowest BCUT2D eigenvalue weighted by atomic mass is 9.51. The van der Waals surface area contributed by atoms with Gasteiger partial charge in [-0.25, -0.2) is 0 Å². The van der Waals surface area contributed by atoms with E-state index in [0.717, 1.165) is 30.5 Å². The number of aromatic hydroxyl groups is 1. The van der Waals surface area contributed by atoms with Crippen LogP contribution in [-0.4, -0.2) is 57.2 Å². The second-order valence-corrected chi connectivity index (χ2v) is 8.77. The summed E-state index contributed by atoms with van der Waals surface area (Å²) >= 11 is 0. The average molecular weight is 390 g/mol. The number of ether oxygens (including phenoxy) is 1. The summed E-state index contributed by atoms with van der Waals surface area (Å²) in [4.78, 5) is 19.8. The number of rotatable bonds is 2. The van der Waals surface area contributed by atoms with Crippen molar-refractivity contribution in [3.63, 3.8) is 0 Å². The third kappa shape index (κ3) is 1.93. The van der Waals surface area contributed by atoms with Crippen molar-refractivity contribution in [2.75, 3.05) is 13.6 Å². The Kier molecular flexibility index (Phi) is 3.24. The summed E-state index contributed by atoms with van der Waals surface area (Å²) in [7, 11) is 2.13. The number of piperidine rings is 1. The number of benzene rings is 1. The first-order valence-electron chi connectivity index (χ1n) is 10.1. The van der Waals surface area contributed by atoms with Gasteiger partial charge in [-0.05, 0) is 56.3 Å². The molecule has 0 amide bonds. The Labute approximate surface area is 168 Å². The van der Waals surface area contributed by atoms with Gasteiger partial charge in [-0.15, -0.1) is 0 Å². The predicted molar refractivity (Wildman–Crippen MR) is 105 cm³/mol. The average Bonchev–Trinajstić information content (AvgIpc) is 3.10. The predicted octanol–water partition coefficient (Wildman–Crippen LogP) is 1.85. The van der Waals surface area contributed by atoms with Crippen LogP contribution in [-0.2, 0) is 11.8 Å². The number of hydrogen-bond acceptors (Lipinski definition) is 6. The molecule has 6 heteroatoms. The lowest BCUT2D eigenvalue weighted by Crippen LogP contribution is -2.69. The zero-order valence-corrected chi connectivity index (χ0v) is 16.1. The van der Waals surface area contributed by atoms with E-state index in [-0.39, 0.29) is 17.7 Å². The van der Waals surface area contributed by atoms with Gasteiger partial charge in [0.25, 0.3) is 0 Å². The highest BCUT2D eigenvalue weighted by Gasteiger charge is 2.69. The van der Waals surface area contributed by atoms with Crippen LogP contribution in [0.3, 0.4) is 0 Å². The van der Waals surface area contributed by atoms with E-state index in [9.17, 15) is 15.0 Å². The quantitative estimate of drug-likeness (QED) is 0.602. The van der Waals surface area contributed by atoms with Gasteiger partial charge in [0, 0.05) is 40.9 Å². The first-order valence-corrected chi connectivity index (χ1v) is 10.1. The topological polar surface area (TPSA) is 82.9 Å². The van der Waals surface area contributed by atoms with Crippen LogP contribution in [0, 0.1) is 5.92 Å². The number of aliphatic hydroxyl groups is 1. The fourth-order valence-corrected chi connectivity index (χ4v) is 6.23. The summed E-state index contributed by atoms with van der Waals surface area (Å²) < 4.78 is 6.29. The fourth-order valence-electron chi connectivity index (χ4n) is 6.23. The van der Waals surface area contributed by atoms with Crippen molar-refractivity contribution in [3.8, 4) is 11.5 Å². The molecule has 6 nitrogen and oxygen atoms in total. The molecule has 6 rings (SSSR count). The van der Waals surface area contributed by atoms with Gasteiger partial charge in [-0.1, -0.05) is 12.1 Å². The van der Waals surface area contributed by atoms with E-state index < -0.39 is 22.9 Å². The Morgan fingerprint density at radius 2 is 2.21 bits per heavy atom. The van der Waals surface area contributed by atoms with Crippen LogP contribution in [0.1, 0.15) is 27.9 Å². The number of pyridine rings is 1. The fraction of sp³-hybridized carbons (Fsp3) is 0.391. The van der Waals surface area contributed by atoms with Crippen LogP contribution in [0.2, 0.25) is 0 Å². The Bertz CT molecular complexity index is 1070. The minimum Gasteiger partial charge on any atom is -0.504 e. The number of phenols is 1. The first kappa shape index (κ1) is 17.2. The highest BCUT2D eigenvalue weighted by molar-refractivity contribution is 6.04. The number of nitrogens with zero attached hydrogens (tertiary/aromatic N) is 2. The molecule has 2 aromatic rings. The summed E-state index contributed by atoms with van der Waals surface area (Å²) in [6.07, 6.45) is 7.54. The molecule has 1 fully saturated rings. The van der Waals surface area contributed by atoms with Crippen molar-refractivity contribution < 1.29 is 19.7 Å². The largest absolute Gasteiger partial charge is 0.504 e. The molecular weight excluding hydrogens is 368 g/mol. The summed E-state index contributed by atoms with van der Waals surface area (Å²) in [5, 5.41) is 22.3. The number of carbonyl (C=O) groups is 1. The van der Waals surface area contributed by atoms with E-state index in [4.69, 9.17) is 4.74 Å². The third-order valence-corrected chi connectivity index (χ3v) is 7.52. The molecule has 0 unspecified atom stereocenters. The summed E-state index contributed by atoms with van der Waals surface area (Å²) in [5.74, 6) is 0.194. The molecule has 2 bridgehead atoms. The monoisotopic (exact) mass is 390 g/mol. The van der Waals surface area contributed by atoms with Crippen molar-refractivity contribution in [2.45, 2.75) is 36.0 Å². The van der Waals surface area contributed by atoms with Gasteiger partial charge in [0.15, 0.2) is 17.1 Å². The molecule has 3 heterocycles. The molecule has 29 heavy (non-hydrogen) atoms. The van der Waals surface area contributed by atoms with Gasteiger partial charge < -0.3 is 19.8 Å². The Balaban J connectivity index is 1.59. The SMILES string of the molecule is CN1CC[C@]23c4c5ccc(O)c4O[C@H]2[C@](O)(C(=O)c2cccnc2)C=C[C@H]3[C@H]1C5. The minimum atomic E-state index is -1.82. The van der Waals surface area contributed by atoms with E-state index >= 15 is 0 Å². The molecule has 1 aromatic carbocycles. The van der Waals surface area contributed by atoms with Crippen molar-refractivity contribution in [1.82, 2.24) is 9.88 Å². The number of aromatic nitrogens is 1. The number of likely N-dealkylation sites (tertiary alicyclic amines) is 1. The van der Waals surface area contributed by atoms with Crippen LogP contribution in [0.25, 0.3) is 0 Å². The second-order valence-electron chi connectivity index (χ2n) is 8.77. The van der Waals surface area contributed by atoms with Gasteiger partial charge in [0.1, 0.15) is 6.10 Å². The molecule has 2 aliphatic heterocycles. The van der Waals surface area contributed by atoms with E-state index in [2.05, 4.69) is 16.9 Å². The number of hydrogen-bond donors (Lipinski definition) is 2. The maximum atomic E-state index is 13.4. The van der Waals surface area contributed by atoms with Crippen LogP contribution in [0.15, 0.2) is 48.8 Å². The van der Waals surface area contributed by atoms with Crippen molar-refractivity contribution in [1.29, 1.82) is 0 Å². The summed E-state index contributed by atoms with van der Waals surface area (Å²) in [6, 6.07) is 7.24. The standard InChI is InChI=1S/C23H22N2O4/c1-25-10-8-22-15-6-7-23(28,20(27)14-3-2-9-24-12-14)21(22)29-19-17(26)5-4-13(18(19)22)11-16(15)25/h2-7,9,12,15-16,21,26,28H,8,10-11H2,1H3/t15-,16+,21+,22-,23+/m0/s1.